The fourth-order valence-electron chi connectivity index (χ4n) is 4.05. The van der Waals surface area contributed by atoms with Crippen molar-refractivity contribution in [1.29, 1.82) is 0 Å². The minimum Gasteiger partial charge on any atom is -0.480 e. The van der Waals surface area contributed by atoms with Crippen LogP contribution in [0.25, 0.3) is 21.8 Å². The molecule has 4 N–H and O–H groups in total. The highest BCUT2D eigenvalue weighted by Gasteiger charge is 2.28. The molecule has 4 aromatic rings. The quantitative estimate of drug-likeness (QED) is 0.431. The highest BCUT2D eigenvalue weighted by atomic mass is 16.6. The predicted octanol–water partition coefficient (Wildman–Crippen LogP) is 4.45. The molecule has 0 saturated heterocycles. The lowest BCUT2D eigenvalue weighted by atomic mass is 9.99. The van der Waals surface area contributed by atoms with Crippen molar-refractivity contribution < 1.29 is 19.4 Å². The Morgan fingerprint density at radius 2 is 1.75 bits per heavy atom. The number of carboxylic acids is 1. The third-order valence-electron chi connectivity index (χ3n) is 5.44. The van der Waals surface area contributed by atoms with Gasteiger partial charge in [-0.25, -0.2) is 9.36 Å². The molecule has 7 nitrogen and oxygen atoms in total. The van der Waals surface area contributed by atoms with E-state index in [1.54, 1.807) is 4.57 Å². The molecule has 2 heterocycles. The second-order valence-corrected chi connectivity index (χ2v) is 8.94. The summed E-state index contributed by atoms with van der Waals surface area (Å²) in [7, 11) is 0. The molecule has 0 fully saturated rings. The topological polar surface area (TPSA) is 110 Å². The molecule has 7 heteroatoms. The van der Waals surface area contributed by atoms with Gasteiger partial charge in [0.2, 0.25) is 0 Å². The molecule has 0 amide bonds. The number of aromatic nitrogens is 2. The van der Waals surface area contributed by atoms with Crippen molar-refractivity contribution in [2.45, 2.75) is 45.3 Å². The first-order valence-electron chi connectivity index (χ1n) is 10.5. The van der Waals surface area contributed by atoms with Crippen LogP contribution in [0.1, 0.15) is 37.6 Å². The summed E-state index contributed by atoms with van der Waals surface area (Å²) in [5, 5.41) is 11.3. The Hall–Kier alpha value is -3.58. The van der Waals surface area contributed by atoms with Crippen LogP contribution in [-0.2, 0) is 22.4 Å². The number of nitrogens with zero attached hydrogens (tertiary/aromatic N) is 1. The summed E-state index contributed by atoms with van der Waals surface area (Å²) in [6.45, 7) is 5.45. The number of aliphatic carboxylic acids is 1. The molecule has 1 atom stereocenters. The van der Waals surface area contributed by atoms with Crippen LogP contribution >= 0.6 is 0 Å². The normalized spacial score (nSPS) is 12.9. The number of carbonyl (C=O) groups excluding carboxylic acids is 1. The highest BCUT2D eigenvalue weighted by molar-refractivity contribution is 5.95. The Labute approximate surface area is 185 Å². The Morgan fingerprint density at radius 1 is 1.09 bits per heavy atom. The first-order chi connectivity index (χ1) is 15.2. The lowest BCUT2D eigenvalue weighted by Crippen LogP contribution is -2.33. The summed E-state index contributed by atoms with van der Waals surface area (Å²) < 4.78 is 7.28. The maximum Gasteiger partial charge on any atom is 0.419 e. The molecule has 4 rings (SSSR count). The predicted molar refractivity (Wildman–Crippen MR) is 124 cm³/mol. The van der Waals surface area contributed by atoms with E-state index in [9.17, 15) is 14.7 Å². The van der Waals surface area contributed by atoms with Gasteiger partial charge in [0.15, 0.2) is 0 Å². The van der Waals surface area contributed by atoms with E-state index in [0.717, 1.165) is 27.4 Å². The second-order valence-electron chi connectivity index (χ2n) is 8.94. The van der Waals surface area contributed by atoms with Crippen molar-refractivity contribution in [3.8, 4) is 0 Å². The van der Waals surface area contributed by atoms with Crippen LogP contribution in [0.15, 0.2) is 54.7 Å². The lowest BCUT2D eigenvalue weighted by molar-refractivity contribution is -0.138. The molecule has 0 aliphatic carbocycles. The largest absolute Gasteiger partial charge is 0.480 e. The third-order valence-corrected chi connectivity index (χ3v) is 5.44. The maximum absolute atomic E-state index is 13.3. The number of nitrogens with two attached hydrogens (primary N) is 1. The number of ether oxygens (including phenoxy) is 1. The number of benzene rings is 2. The van der Waals surface area contributed by atoms with Gasteiger partial charge in [0.25, 0.3) is 0 Å². The van der Waals surface area contributed by atoms with E-state index in [2.05, 4.69) is 4.98 Å². The van der Waals surface area contributed by atoms with E-state index in [-0.39, 0.29) is 6.42 Å². The standard InChI is InChI=1S/C25H27N3O4/c1-25(2,3)32-24(31)28-21-11-7-5-9-17(21)18(13-19(26)23(29)30)22(28)12-15-14-27-20-10-6-4-8-16(15)20/h4-11,14,19,27H,12-13,26H2,1-3H3,(H,29,30). The van der Waals surface area contributed by atoms with Gasteiger partial charge in [-0.1, -0.05) is 36.4 Å². The van der Waals surface area contributed by atoms with Crippen molar-refractivity contribution in [1.82, 2.24) is 9.55 Å². The smallest absolute Gasteiger partial charge is 0.419 e. The summed E-state index contributed by atoms with van der Waals surface area (Å²) in [4.78, 5) is 28.1. The van der Waals surface area contributed by atoms with Crippen LogP contribution < -0.4 is 5.73 Å². The molecular weight excluding hydrogens is 406 g/mol. The van der Waals surface area contributed by atoms with Crippen LogP contribution in [0.5, 0.6) is 0 Å². The molecule has 0 saturated carbocycles. The van der Waals surface area contributed by atoms with Crippen molar-refractivity contribution in [2.24, 2.45) is 5.73 Å². The van der Waals surface area contributed by atoms with Gasteiger partial charge in [0.1, 0.15) is 11.6 Å². The number of nitrogens with one attached hydrogen (secondary N) is 1. The Kier molecular flexibility index (Phi) is 5.52. The van der Waals surface area contributed by atoms with Gasteiger partial charge in [-0.3, -0.25) is 4.79 Å². The number of aromatic amines is 1. The monoisotopic (exact) mass is 433 g/mol. The van der Waals surface area contributed by atoms with Gasteiger partial charge in [-0.05, 0) is 44.0 Å². The molecular formula is C25H27N3O4. The molecule has 2 aromatic carbocycles. The maximum atomic E-state index is 13.3. The Balaban J connectivity index is 1.93. The van der Waals surface area contributed by atoms with Gasteiger partial charge >= 0.3 is 12.1 Å². The van der Waals surface area contributed by atoms with Crippen LogP contribution in [0.2, 0.25) is 0 Å². The van der Waals surface area contributed by atoms with Crippen LogP contribution in [-0.4, -0.2) is 38.4 Å². The summed E-state index contributed by atoms with van der Waals surface area (Å²) >= 11 is 0. The van der Waals surface area contributed by atoms with Crippen LogP contribution in [0.4, 0.5) is 4.79 Å². The third kappa shape index (κ3) is 4.11. The van der Waals surface area contributed by atoms with E-state index in [1.165, 1.54) is 0 Å². The van der Waals surface area contributed by atoms with E-state index in [1.807, 2.05) is 75.5 Å². The number of para-hydroxylation sites is 2. The van der Waals surface area contributed by atoms with E-state index in [0.29, 0.717) is 17.6 Å². The number of carboxylic acid groups (broad SMARTS) is 1. The van der Waals surface area contributed by atoms with Gasteiger partial charge in [0, 0.05) is 41.0 Å². The van der Waals surface area contributed by atoms with Gasteiger partial charge in [-0.15, -0.1) is 0 Å². The fourth-order valence-corrected chi connectivity index (χ4v) is 4.05. The van der Waals surface area contributed by atoms with Gasteiger partial charge in [0.05, 0.1) is 5.52 Å². The molecule has 1 unspecified atom stereocenters. The Bertz CT molecular complexity index is 1310. The van der Waals surface area contributed by atoms with Crippen molar-refractivity contribution in [3.63, 3.8) is 0 Å². The van der Waals surface area contributed by atoms with E-state index >= 15 is 0 Å². The average molecular weight is 434 g/mol. The van der Waals surface area contributed by atoms with Crippen molar-refractivity contribution in [2.75, 3.05) is 0 Å². The molecule has 0 spiro atoms. The zero-order valence-corrected chi connectivity index (χ0v) is 18.4. The first-order valence-corrected chi connectivity index (χ1v) is 10.5. The minimum atomic E-state index is -1.09. The number of carbonyl (C=O) groups is 2. The molecule has 166 valence electrons. The molecule has 32 heavy (non-hydrogen) atoms. The fraction of sp³-hybridized carbons (Fsp3) is 0.280. The molecule has 0 aliphatic heterocycles. The number of hydrogen-bond acceptors (Lipinski definition) is 4. The second kappa shape index (κ2) is 8.16. The summed E-state index contributed by atoms with van der Waals surface area (Å²) in [5.41, 5.74) is 9.33. The van der Waals surface area contributed by atoms with Crippen molar-refractivity contribution >= 4 is 33.9 Å². The summed E-state index contributed by atoms with van der Waals surface area (Å²) in [6.07, 6.45) is 1.93. The molecule has 2 aromatic heterocycles. The van der Waals surface area contributed by atoms with Gasteiger partial charge in [-0.2, -0.15) is 0 Å². The number of rotatable bonds is 5. The summed E-state index contributed by atoms with van der Waals surface area (Å²) in [6, 6.07) is 14.3. The SMILES string of the molecule is CC(C)(C)OC(=O)n1c(Cc2c[nH]c3ccccc23)c(CC(N)C(=O)O)c2ccccc21. The first kappa shape index (κ1) is 21.6. The van der Waals surface area contributed by atoms with Gasteiger partial charge < -0.3 is 20.6 Å². The van der Waals surface area contributed by atoms with Crippen LogP contribution in [0, 0.1) is 0 Å². The zero-order valence-electron chi connectivity index (χ0n) is 18.4. The van der Waals surface area contributed by atoms with Crippen LogP contribution in [0.3, 0.4) is 0 Å². The minimum absolute atomic E-state index is 0.101. The summed E-state index contributed by atoms with van der Waals surface area (Å²) in [5.74, 6) is -1.09. The van der Waals surface area contributed by atoms with E-state index < -0.39 is 23.7 Å². The highest BCUT2D eigenvalue weighted by Crippen LogP contribution is 2.32. The number of hydrogen-bond donors (Lipinski definition) is 3. The lowest BCUT2D eigenvalue weighted by Gasteiger charge is -2.21. The Morgan fingerprint density at radius 3 is 2.44 bits per heavy atom. The molecule has 0 aliphatic rings. The number of H-pyrrole nitrogens is 1. The zero-order chi connectivity index (χ0) is 23.0. The number of fused-ring (bicyclic) bond motifs is 2. The molecule has 0 radical (unpaired) electrons. The van der Waals surface area contributed by atoms with Crippen molar-refractivity contribution in [3.05, 3.63) is 71.5 Å². The average Bonchev–Trinajstić information content (AvgIpc) is 3.26. The molecule has 0 bridgehead atoms. The van der Waals surface area contributed by atoms with E-state index in [4.69, 9.17) is 10.5 Å².